The number of anilines is 1. The minimum absolute atomic E-state index is 0.0920. The molecule has 0 radical (unpaired) electrons. The van der Waals surface area contributed by atoms with E-state index in [0.717, 1.165) is 11.3 Å². The van der Waals surface area contributed by atoms with Gasteiger partial charge in [-0.3, -0.25) is 19.3 Å². The summed E-state index contributed by atoms with van der Waals surface area (Å²) in [6, 6.07) is 14.6. The molecule has 1 aliphatic heterocycles. The van der Waals surface area contributed by atoms with E-state index in [4.69, 9.17) is 4.74 Å². The van der Waals surface area contributed by atoms with Crippen molar-refractivity contribution in [2.24, 2.45) is 0 Å². The Kier molecular flexibility index (Phi) is 7.40. The van der Waals surface area contributed by atoms with Gasteiger partial charge in [0, 0.05) is 19.6 Å². The van der Waals surface area contributed by atoms with Crippen molar-refractivity contribution >= 4 is 23.4 Å². The summed E-state index contributed by atoms with van der Waals surface area (Å²) in [4.78, 5) is 38.2. The first-order chi connectivity index (χ1) is 14.5. The Labute approximate surface area is 175 Å². The SMILES string of the molecule is COc1ccc(CCNC(=O)c2ccccc2NC(=O)CN2CCNC(=O)C2)cc1. The first kappa shape index (κ1) is 21.3. The van der Waals surface area contributed by atoms with Crippen LogP contribution in [0.5, 0.6) is 5.75 Å². The van der Waals surface area contributed by atoms with Crippen LogP contribution in [0.25, 0.3) is 0 Å². The summed E-state index contributed by atoms with van der Waals surface area (Å²) in [6.45, 7) is 1.91. The number of ether oxygens (including phenoxy) is 1. The zero-order valence-electron chi connectivity index (χ0n) is 16.9. The zero-order valence-corrected chi connectivity index (χ0v) is 16.9. The largest absolute Gasteiger partial charge is 0.497 e. The van der Waals surface area contributed by atoms with Gasteiger partial charge >= 0.3 is 0 Å². The van der Waals surface area contributed by atoms with Crippen LogP contribution in [0.2, 0.25) is 0 Å². The highest BCUT2D eigenvalue weighted by Crippen LogP contribution is 2.15. The van der Waals surface area contributed by atoms with Gasteiger partial charge < -0.3 is 20.7 Å². The molecule has 2 aromatic carbocycles. The molecule has 0 aromatic heterocycles. The molecule has 0 saturated carbocycles. The third-order valence-electron chi connectivity index (χ3n) is 4.79. The third-order valence-corrected chi connectivity index (χ3v) is 4.79. The lowest BCUT2D eigenvalue weighted by Crippen LogP contribution is -2.49. The second-order valence-electron chi connectivity index (χ2n) is 7.01. The predicted molar refractivity (Wildman–Crippen MR) is 114 cm³/mol. The Bertz CT molecular complexity index is 898. The van der Waals surface area contributed by atoms with Gasteiger partial charge in [-0.25, -0.2) is 0 Å². The molecule has 3 rings (SSSR count). The first-order valence-electron chi connectivity index (χ1n) is 9.84. The van der Waals surface area contributed by atoms with Crippen molar-refractivity contribution < 1.29 is 19.1 Å². The number of para-hydroxylation sites is 1. The Morgan fingerprint density at radius 3 is 2.63 bits per heavy atom. The summed E-state index contributed by atoms with van der Waals surface area (Å²) in [6.07, 6.45) is 0.682. The lowest BCUT2D eigenvalue weighted by atomic mass is 10.1. The molecule has 8 heteroatoms. The van der Waals surface area contributed by atoms with Crippen LogP contribution in [0, 0.1) is 0 Å². The van der Waals surface area contributed by atoms with Gasteiger partial charge in [0.25, 0.3) is 5.91 Å². The van der Waals surface area contributed by atoms with Crippen molar-refractivity contribution in [3.05, 3.63) is 59.7 Å². The molecular weight excluding hydrogens is 384 g/mol. The van der Waals surface area contributed by atoms with E-state index in [-0.39, 0.29) is 30.8 Å². The molecule has 8 nitrogen and oxygen atoms in total. The van der Waals surface area contributed by atoms with Crippen molar-refractivity contribution in [3.63, 3.8) is 0 Å². The molecule has 0 unspecified atom stereocenters. The van der Waals surface area contributed by atoms with Crippen LogP contribution >= 0.6 is 0 Å². The Hall–Kier alpha value is -3.39. The maximum absolute atomic E-state index is 12.6. The van der Waals surface area contributed by atoms with Crippen molar-refractivity contribution in [2.45, 2.75) is 6.42 Å². The van der Waals surface area contributed by atoms with Crippen LogP contribution in [0.3, 0.4) is 0 Å². The highest BCUT2D eigenvalue weighted by Gasteiger charge is 2.19. The molecule has 2 aromatic rings. The maximum atomic E-state index is 12.6. The van der Waals surface area contributed by atoms with Gasteiger partial charge in [-0.05, 0) is 36.2 Å². The van der Waals surface area contributed by atoms with E-state index in [1.54, 1.807) is 36.3 Å². The molecule has 1 saturated heterocycles. The fraction of sp³-hybridized carbons (Fsp3) is 0.318. The summed E-state index contributed by atoms with van der Waals surface area (Å²) in [5.74, 6) is 0.184. The average molecular weight is 410 g/mol. The lowest BCUT2D eigenvalue weighted by molar-refractivity contribution is -0.125. The Balaban J connectivity index is 1.53. The highest BCUT2D eigenvalue weighted by molar-refractivity contribution is 6.04. The molecule has 3 N–H and O–H groups in total. The van der Waals surface area contributed by atoms with Gasteiger partial charge in [0.2, 0.25) is 11.8 Å². The number of nitrogens with zero attached hydrogens (tertiary/aromatic N) is 1. The second-order valence-corrected chi connectivity index (χ2v) is 7.01. The van der Waals surface area contributed by atoms with E-state index in [1.807, 2.05) is 24.3 Å². The number of carbonyl (C=O) groups is 3. The Morgan fingerprint density at radius 2 is 1.90 bits per heavy atom. The quantitative estimate of drug-likeness (QED) is 0.604. The predicted octanol–water partition coefficient (Wildman–Crippen LogP) is 1.04. The van der Waals surface area contributed by atoms with E-state index in [1.165, 1.54) is 0 Å². The van der Waals surface area contributed by atoms with Crippen LogP contribution in [0.15, 0.2) is 48.5 Å². The monoisotopic (exact) mass is 410 g/mol. The van der Waals surface area contributed by atoms with E-state index >= 15 is 0 Å². The molecule has 1 fully saturated rings. The number of rotatable bonds is 8. The minimum atomic E-state index is -0.261. The van der Waals surface area contributed by atoms with E-state index in [2.05, 4.69) is 16.0 Å². The van der Waals surface area contributed by atoms with Gasteiger partial charge in [0.05, 0.1) is 31.5 Å². The normalized spacial score (nSPS) is 14.0. The topological polar surface area (TPSA) is 99.8 Å². The molecule has 1 aliphatic rings. The van der Waals surface area contributed by atoms with E-state index in [0.29, 0.717) is 37.3 Å². The highest BCUT2D eigenvalue weighted by atomic mass is 16.5. The molecule has 3 amide bonds. The minimum Gasteiger partial charge on any atom is -0.497 e. The zero-order chi connectivity index (χ0) is 21.3. The van der Waals surface area contributed by atoms with Gasteiger partial charge in [0.1, 0.15) is 5.75 Å². The van der Waals surface area contributed by atoms with Crippen LogP contribution < -0.4 is 20.7 Å². The maximum Gasteiger partial charge on any atom is 0.253 e. The standard InChI is InChI=1S/C22H26N4O4/c1-30-17-8-6-16(7-9-17)10-11-24-22(29)18-4-2-3-5-19(18)25-21(28)15-26-13-12-23-20(27)14-26/h2-9H,10-15H2,1H3,(H,23,27)(H,24,29)(H,25,28). The van der Waals surface area contributed by atoms with Crippen LogP contribution in [-0.2, 0) is 16.0 Å². The molecule has 0 aliphatic carbocycles. The van der Waals surface area contributed by atoms with Crippen molar-refractivity contribution in [1.82, 2.24) is 15.5 Å². The van der Waals surface area contributed by atoms with Gasteiger partial charge in [-0.2, -0.15) is 0 Å². The molecule has 158 valence electrons. The van der Waals surface area contributed by atoms with E-state index < -0.39 is 0 Å². The van der Waals surface area contributed by atoms with Crippen LogP contribution in [-0.4, -0.2) is 62.5 Å². The number of benzene rings is 2. The summed E-state index contributed by atoms with van der Waals surface area (Å²) in [5.41, 5.74) is 1.94. The number of methoxy groups -OCH3 is 1. The van der Waals surface area contributed by atoms with Crippen molar-refractivity contribution in [1.29, 1.82) is 0 Å². The molecule has 0 bridgehead atoms. The molecule has 0 spiro atoms. The van der Waals surface area contributed by atoms with Gasteiger partial charge in [-0.15, -0.1) is 0 Å². The number of hydrogen-bond acceptors (Lipinski definition) is 5. The Morgan fingerprint density at radius 1 is 1.13 bits per heavy atom. The second kappa shape index (κ2) is 10.4. The molecule has 0 atom stereocenters. The third kappa shape index (κ3) is 6.05. The number of carbonyl (C=O) groups excluding carboxylic acids is 3. The smallest absolute Gasteiger partial charge is 0.253 e. The number of piperazine rings is 1. The van der Waals surface area contributed by atoms with E-state index in [9.17, 15) is 14.4 Å². The van der Waals surface area contributed by atoms with Crippen molar-refractivity contribution in [3.8, 4) is 5.75 Å². The summed E-state index contributed by atoms with van der Waals surface area (Å²) < 4.78 is 5.14. The summed E-state index contributed by atoms with van der Waals surface area (Å²) in [5, 5.41) is 8.40. The number of amides is 3. The average Bonchev–Trinajstić information content (AvgIpc) is 2.74. The van der Waals surface area contributed by atoms with Crippen molar-refractivity contribution in [2.75, 3.05) is 45.2 Å². The van der Waals surface area contributed by atoms with Crippen LogP contribution in [0.1, 0.15) is 15.9 Å². The number of nitrogens with one attached hydrogen (secondary N) is 3. The lowest BCUT2D eigenvalue weighted by Gasteiger charge is -2.25. The van der Waals surface area contributed by atoms with Gasteiger partial charge in [0.15, 0.2) is 0 Å². The molecule has 1 heterocycles. The molecular formula is C22H26N4O4. The first-order valence-corrected chi connectivity index (χ1v) is 9.84. The fourth-order valence-corrected chi connectivity index (χ4v) is 3.22. The summed E-state index contributed by atoms with van der Waals surface area (Å²) >= 11 is 0. The fourth-order valence-electron chi connectivity index (χ4n) is 3.22. The van der Waals surface area contributed by atoms with Crippen LogP contribution in [0.4, 0.5) is 5.69 Å². The number of hydrogen-bond donors (Lipinski definition) is 3. The summed E-state index contributed by atoms with van der Waals surface area (Å²) in [7, 11) is 1.62. The molecule has 30 heavy (non-hydrogen) atoms. The van der Waals surface area contributed by atoms with Gasteiger partial charge in [-0.1, -0.05) is 24.3 Å².